The van der Waals surface area contributed by atoms with E-state index in [-0.39, 0.29) is 24.6 Å². The van der Waals surface area contributed by atoms with Crippen LogP contribution in [0.2, 0.25) is 0 Å². The van der Waals surface area contributed by atoms with Gasteiger partial charge in [-0.1, -0.05) is 13.8 Å². The molecule has 1 fully saturated rings. The normalized spacial score (nSPS) is 19.7. The summed E-state index contributed by atoms with van der Waals surface area (Å²) < 4.78 is 11.1. The number of nitrogens with zero attached hydrogens (tertiary/aromatic N) is 2. The van der Waals surface area contributed by atoms with Gasteiger partial charge in [0.2, 0.25) is 5.91 Å². The SMILES string of the molecule is CC(C)CNC(=NCC(=O)N(C)C)NC(C)COC1CCOC1. The minimum absolute atomic E-state index is 0.0253. The highest BCUT2D eigenvalue weighted by Gasteiger charge is 2.17. The van der Waals surface area contributed by atoms with E-state index in [0.29, 0.717) is 25.1 Å². The highest BCUT2D eigenvalue weighted by atomic mass is 16.5. The number of guanidine groups is 1. The molecule has 7 heteroatoms. The minimum Gasteiger partial charge on any atom is -0.379 e. The lowest BCUT2D eigenvalue weighted by atomic mass is 10.2. The monoisotopic (exact) mass is 328 g/mol. The molecule has 23 heavy (non-hydrogen) atoms. The topological polar surface area (TPSA) is 75.2 Å². The van der Waals surface area contributed by atoms with E-state index in [1.165, 1.54) is 4.90 Å². The van der Waals surface area contributed by atoms with Crippen molar-refractivity contribution >= 4 is 11.9 Å². The highest BCUT2D eigenvalue weighted by molar-refractivity contribution is 5.84. The third-order valence-electron chi connectivity index (χ3n) is 3.40. The highest BCUT2D eigenvalue weighted by Crippen LogP contribution is 2.08. The fourth-order valence-corrected chi connectivity index (χ4v) is 1.94. The summed E-state index contributed by atoms with van der Waals surface area (Å²) in [4.78, 5) is 17.6. The molecule has 1 rings (SSSR count). The molecule has 1 heterocycles. The minimum atomic E-state index is -0.0253. The Bertz CT molecular complexity index is 380. The molecular weight excluding hydrogens is 296 g/mol. The van der Waals surface area contributed by atoms with E-state index in [4.69, 9.17) is 9.47 Å². The van der Waals surface area contributed by atoms with Gasteiger partial charge >= 0.3 is 0 Å². The zero-order chi connectivity index (χ0) is 17.2. The molecule has 0 saturated carbocycles. The molecular formula is C16H32N4O3. The maximum atomic E-state index is 11.7. The Hall–Kier alpha value is -1.34. The Morgan fingerprint density at radius 2 is 2.13 bits per heavy atom. The summed E-state index contributed by atoms with van der Waals surface area (Å²) in [5, 5.41) is 6.55. The quantitative estimate of drug-likeness (QED) is 0.500. The average molecular weight is 328 g/mol. The van der Waals surface area contributed by atoms with Gasteiger partial charge in [0, 0.05) is 33.3 Å². The Morgan fingerprint density at radius 3 is 2.70 bits per heavy atom. The molecule has 0 aliphatic carbocycles. The van der Waals surface area contributed by atoms with Gasteiger partial charge in [0.15, 0.2) is 5.96 Å². The third-order valence-corrected chi connectivity index (χ3v) is 3.40. The third kappa shape index (κ3) is 8.76. The molecule has 0 aromatic rings. The molecule has 0 aromatic heterocycles. The van der Waals surface area contributed by atoms with Crippen LogP contribution in [0.25, 0.3) is 0 Å². The molecule has 1 aliphatic heterocycles. The summed E-state index contributed by atoms with van der Waals surface area (Å²) in [7, 11) is 3.46. The summed E-state index contributed by atoms with van der Waals surface area (Å²) in [6.45, 7) is 9.26. The zero-order valence-electron chi connectivity index (χ0n) is 15.1. The van der Waals surface area contributed by atoms with Crippen LogP contribution in [0.3, 0.4) is 0 Å². The number of likely N-dealkylation sites (N-methyl/N-ethyl adjacent to an activating group) is 1. The molecule has 1 aliphatic rings. The van der Waals surface area contributed by atoms with Gasteiger partial charge in [-0.2, -0.15) is 0 Å². The number of nitrogens with one attached hydrogen (secondary N) is 2. The molecule has 0 radical (unpaired) electrons. The van der Waals surface area contributed by atoms with Gasteiger partial charge in [0.1, 0.15) is 6.54 Å². The van der Waals surface area contributed by atoms with E-state index in [9.17, 15) is 4.79 Å². The van der Waals surface area contributed by atoms with Crippen molar-refractivity contribution in [2.24, 2.45) is 10.9 Å². The lowest BCUT2D eigenvalue weighted by molar-refractivity contribution is -0.127. The van der Waals surface area contributed by atoms with Crippen LogP contribution >= 0.6 is 0 Å². The van der Waals surface area contributed by atoms with Gasteiger partial charge < -0.3 is 25.0 Å². The van der Waals surface area contributed by atoms with Gasteiger partial charge in [-0.3, -0.25) is 4.79 Å². The van der Waals surface area contributed by atoms with Crippen LogP contribution in [-0.4, -0.2) is 75.9 Å². The van der Waals surface area contributed by atoms with Crippen molar-refractivity contribution in [3.8, 4) is 0 Å². The number of carbonyl (C=O) groups excluding carboxylic acids is 1. The van der Waals surface area contributed by atoms with Crippen LogP contribution in [0.1, 0.15) is 27.2 Å². The first-order chi connectivity index (χ1) is 10.9. The first-order valence-corrected chi connectivity index (χ1v) is 8.32. The lowest BCUT2D eigenvalue weighted by Gasteiger charge is -2.21. The van der Waals surface area contributed by atoms with Crippen molar-refractivity contribution in [2.75, 3.05) is 47.0 Å². The number of hydrogen-bond donors (Lipinski definition) is 2. The molecule has 134 valence electrons. The van der Waals surface area contributed by atoms with E-state index < -0.39 is 0 Å². The smallest absolute Gasteiger partial charge is 0.243 e. The maximum absolute atomic E-state index is 11.7. The second-order valence-electron chi connectivity index (χ2n) is 6.59. The second-order valence-corrected chi connectivity index (χ2v) is 6.59. The van der Waals surface area contributed by atoms with E-state index in [1.54, 1.807) is 14.1 Å². The van der Waals surface area contributed by atoms with Gasteiger partial charge in [-0.25, -0.2) is 4.99 Å². The van der Waals surface area contributed by atoms with Crippen LogP contribution < -0.4 is 10.6 Å². The number of hydrogen-bond acceptors (Lipinski definition) is 4. The van der Waals surface area contributed by atoms with Crippen molar-refractivity contribution in [2.45, 2.75) is 39.3 Å². The van der Waals surface area contributed by atoms with Crippen LogP contribution in [0.5, 0.6) is 0 Å². The molecule has 0 bridgehead atoms. The zero-order valence-corrected chi connectivity index (χ0v) is 15.1. The Labute approximate surface area is 139 Å². The van der Waals surface area contributed by atoms with Crippen molar-refractivity contribution in [1.29, 1.82) is 0 Å². The van der Waals surface area contributed by atoms with Crippen LogP contribution in [0, 0.1) is 5.92 Å². The average Bonchev–Trinajstić information content (AvgIpc) is 3.00. The Balaban J connectivity index is 2.45. The van der Waals surface area contributed by atoms with Crippen LogP contribution in [0.15, 0.2) is 4.99 Å². The van der Waals surface area contributed by atoms with E-state index in [2.05, 4.69) is 29.5 Å². The van der Waals surface area contributed by atoms with Crippen molar-refractivity contribution < 1.29 is 14.3 Å². The number of carbonyl (C=O) groups is 1. The fraction of sp³-hybridized carbons (Fsp3) is 0.875. The summed E-state index contributed by atoms with van der Waals surface area (Å²) in [5.41, 5.74) is 0. The van der Waals surface area contributed by atoms with Gasteiger partial charge in [0.05, 0.1) is 19.3 Å². The largest absolute Gasteiger partial charge is 0.379 e. The van der Waals surface area contributed by atoms with Crippen LogP contribution in [-0.2, 0) is 14.3 Å². The summed E-state index contributed by atoms with van der Waals surface area (Å²) in [6.07, 6.45) is 1.15. The summed E-state index contributed by atoms with van der Waals surface area (Å²) in [6, 6.07) is 0.100. The molecule has 2 N–H and O–H groups in total. The molecule has 0 aromatic carbocycles. The van der Waals surface area contributed by atoms with Gasteiger partial charge in [-0.15, -0.1) is 0 Å². The molecule has 7 nitrogen and oxygen atoms in total. The molecule has 2 atom stereocenters. The van der Waals surface area contributed by atoms with Gasteiger partial charge in [0.25, 0.3) is 0 Å². The van der Waals surface area contributed by atoms with Crippen LogP contribution in [0.4, 0.5) is 0 Å². The van der Waals surface area contributed by atoms with Crippen molar-refractivity contribution in [3.05, 3.63) is 0 Å². The molecule has 1 saturated heterocycles. The van der Waals surface area contributed by atoms with E-state index in [0.717, 1.165) is 19.6 Å². The molecule has 2 unspecified atom stereocenters. The predicted molar refractivity (Wildman–Crippen MR) is 91.6 cm³/mol. The Morgan fingerprint density at radius 1 is 1.39 bits per heavy atom. The lowest BCUT2D eigenvalue weighted by Crippen LogP contribution is -2.46. The first-order valence-electron chi connectivity index (χ1n) is 8.32. The Kier molecular flexibility index (Phi) is 8.94. The summed E-state index contributed by atoms with van der Waals surface area (Å²) in [5.74, 6) is 1.11. The van der Waals surface area contributed by atoms with Gasteiger partial charge in [-0.05, 0) is 19.3 Å². The van der Waals surface area contributed by atoms with Crippen molar-refractivity contribution in [1.82, 2.24) is 15.5 Å². The fourth-order valence-electron chi connectivity index (χ4n) is 1.94. The predicted octanol–water partition coefficient (Wildman–Crippen LogP) is 0.460. The van der Waals surface area contributed by atoms with Crippen molar-refractivity contribution in [3.63, 3.8) is 0 Å². The number of ether oxygens (including phenoxy) is 2. The molecule has 0 spiro atoms. The molecule has 1 amide bonds. The number of amides is 1. The number of aliphatic imine (C=N–C) groups is 1. The van der Waals surface area contributed by atoms with E-state index in [1.807, 2.05) is 6.92 Å². The first kappa shape index (κ1) is 19.7. The van der Waals surface area contributed by atoms with E-state index >= 15 is 0 Å². The standard InChI is InChI=1S/C16H32N4O3/c1-12(2)8-17-16(18-9-15(21)20(4)5)19-13(3)10-23-14-6-7-22-11-14/h12-14H,6-11H2,1-5H3,(H2,17,18,19). The number of rotatable bonds is 8. The summed E-state index contributed by atoms with van der Waals surface area (Å²) >= 11 is 0. The maximum Gasteiger partial charge on any atom is 0.243 e. The second kappa shape index (κ2) is 10.4.